The van der Waals surface area contributed by atoms with Crippen LogP contribution in [0.5, 0.6) is 5.75 Å². The van der Waals surface area contributed by atoms with Crippen molar-refractivity contribution in [3.05, 3.63) is 62.6 Å². The Kier molecular flexibility index (Phi) is 4.01. The maximum atomic E-state index is 10.7. The summed E-state index contributed by atoms with van der Waals surface area (Å²) in [6, 6.07) is 11.4. The standard InChI is InChI=1S/C16H14BrClO2/c17-11-6-7-14(18)13(9-11)15(19)12-5-1-3-10-4-2-8-20-16(10)12/h1,3,5-7,9,15,19H,2,4,8H2. The van der Waals surface area contributed by atoms with Gasteiger partial charge in [-0.15, -0.1) is 0 Å². The first-order valence-corrected chi connectivity index (χ1v) is 7.71. The molecule has 1 aliphatic rings. The normalized spacial score (nSPS) is 15.3. The molecule has 0 saturated heterocycles. The van der Waals surface area contributed by atoms with Crippen molar-refractivity contribution in [3.63, 3.8) is 0 Å². The molecule has 3 rings (SSSR count). The number of rotatable bonds is 2. The predicted octanol–water partition coefficient (Wildman–Crippen LogP) is 4.51. The molecule has 1 atom stereocenters. The van der Waals surface area contributed by atoms with Crippen molar-refractivity contribution < 1.29 is 9.84 Å². The number of aryl methyl sites for hydroxylation is 1. The lowest BCUT2D eigenvalue weighted by Crippen LogP contribution is -2.12. The summed E-state index contributed by atoms with van der Waals surface area (Å²) in [4.78, 5) is 0. The van der Waals surface area contributed by atoms with E-state index in [9.17, 15) is 5.11 Å². The highest BCUT2D eigenvalue weighted by Gasteiger charge is 2.22. The summed E-state index contributed by atoms with van der Waals surface area (Å²) in [5, 5.41) is 11.2. The highest BCUT2D eigenvalue weighted by molar-refractivity contribution is 9.10. The van der Waals surface area contributed by atoms with Gasteiger partial charge in [0.2, 0.25) is 0 Å². The quantitative estimate of drug-likeness (QED) is 0.861. The van der Waals surface area contributed by atoms with Crippen LogP contribution in [0.2, 0.25) is 5.02 Å². The first-order chi connectivity index (χ1) is 9.66. The van der Waals surface area contributed by atoms with Gasteiger partial charge in [-0.1, -0.05) is 45.7 Å². The van der Waals surface area contributed by atoms with Gasteiger partial charge in [-0.25, -0.2) is 0 Å². The fourth-order valence-corrected chi connectivity index (χ4v) is 3.12. The maximum absolute atomic E-state index is 10.7. The van der Waals surface area contributed by atoms with Gasteiger partial charge in [0.25, 0.3) is 0 Å². The van der Waals surface area contributed by atoms with Crippen LogP contribution in [0, 0.1) is 0 Å². The number of para-hydroxylation sites is 1. The fraction of sp³-hybridized carbons (Fsp3) is 0.250. The monoisotopic (exact) mass is 352 g/mol. The van der Waals surface area contributed by atoms with Crippen LogP contribution in [-0.2, 0) is 6.42 Å². The highest BCUT2D eigenvalue weighted by atomic mass is 79.9. The Morgan fingerprint density at radius 3 is 2.90 bits per heavy atom. The molecule has 0 aromatic heterocycles. The molecule has 0 spiro atoms. The molecule has 1 heterocycles. The molecule has 2 aromatic rings. The summed E-state index contributed by atoms with van der Waals surface area (Å²) in [6.45, 7) is 0.697. The van der Waals surface area contributed by atoms with Crippen molar-refractivity contribution >= 4 is 27.5 Å². The first kappa shape index (κ1) is 13.9. The Bertz CT molecular complexity index is 642. The van der Waals surface area contributed by atoms with E-state index < -0.39 is 6.10 Å². The van der Waals surface area contributed by atoms with Crippen LogP contribution >= 0.6 is 27.5 Å². The third-order valence-electron chi connectivity index (χ3n) is 3.51. The van der Waals surface area contributed by atoms with Gasteiger partial charge in [0.05, 0.1) is 6.61 Å². The van der Waals surface area contributed by atoms with E-state index in [2.05, 4.69) is 15.9 Å². The lowest BCUT2D eigenvalue weighted by Gasteiger charge is -2.23. The summed E-state index contributed by atoms with van der Waals surface area (Å²) < 4.78 is 6.64. The van der Waals surface area contributed by atoms with Gasteiger partial charge >= 0.3 is 0 Å². The molecule has 0 fully saturated rings. The van der Waals surface area contributed by atoms with E-state index in [1.165, 1.54) is 0 Å². The average molecular weight is 354 g/mol. The van der Waals surface area contributed by atoms with Crippen molar-refractivity contribution in [3.8, 4) is 5.75 Å². The molecule has 2 nitrogen and oxygen atoms in total. The summed E-state index contributed by atoms with van der Waals surface area (Å²) in [7, 11) is 0. The Morgan fingerprint density at radius 1 is 1.20 bits per heavy atom. The molecule has 0 radical (unpaired) electrons. The van der Waals surface area contributed by atoms with Crippen molar-refractivity contribution in [2.24, 2.45) is 0 Å². The van der Waals surface area contributed by atoms with E-state index in [1.54, 1.807) is 6.07 Å². The van der Waals surface area contributed by atoms with Gasteiger partial charge < -0.3 is 9.84 Å². The number of halogens is 2. The van der Waals surface area contributed by atoms with E-state index in [-0.39, 0.29) is 0 Å². The molecule has 0 bridgehead atoms. The van der Waals surface area contributed by atoms with Crippen LogP contribution in [-0.4, -0.2) is 11.7 Å². The van der Waals surface area contributed by atoms with Crippen LogP contribution in [0.15, 0.2) is 40.9 Å². The Balaban J connectivity index is 2.06. The molecular weight excluding hydrogens is 340 g/mol. The minimum atomic E-state index is -0.784. The third kappa shape index (κ3) is 2.58. The second kappa shape index (κ2) is 5.76. The van der Waals surface area contributed by atoms with E-state index in [0.717, 1.165) is 34.2 Å². The molecule has 0 amide bonds. The first-order valence-electron chi connectivity index (χ1n) is 6.54. The summed E-state index contributed by atoms with van der Waals surface area (Å²) in [6.07, 6.45) is 1.22. The summed E-state index contributed by atoms with van der Waals surface area (Å²) >= 11 is 9.61. The molecule has 0 saturated carbocycles. The van der Waals surface area contributed by atoms with Gasteiger partial charge in [-0.3, -0.25) is 0 Å². The number of hydrogen-bond acceptors (Lipinski definition) is 2. The largest absolute Gasteiger partial charge is 0.493 e. The van der Waals surface area contributed by atoms with Gasteiger partial charge in [-0.2, -0.15) is 0 Å². The van der Waals surface area contributed by atoms with E-state index >= 15 is 0 Å². The predicted molar refractivity (Wildman–Crippen MR) is 83.5 cm³/mol. The van der Waals surface area contributed by atoms with Crippen LogP contribution in [0.25, 0.3) is 0 Å². The summed E-state index contributed by atoms with van der Waals surface area (Å²) in [5.41, 5.74) is 2.62. The minimum absolute atomic E-state index is 0.550. The van der Waals surface area contributed by atoms with Crippen molar-refractivity contribution in [1.82, 2.24) is 0 Å². The zero-order valence-electron chi connectivity index (χ0n) is 10.8. The Labute approximate surface area is 131 Å². The number of fused-ring (bicyclic) bond motifs is 1. The minimum Gasteiger partial charge on any atom is -0.493 e. The Morgan fingerprint density at radius 2 is 2.05 bits per heavy atom. The van der Waals surface area contributed by atoms with Crippen molar-refractivity contribution in [1.29, 1.82) is 0 Å². The number of aliphatic hydroxyl groups excluding tert-OH is 1. The van der Waals surface area contributed by atoms with Gasteiger partial charge in [0, 0.05) is 20.6 Å². The third-order valence-corrected chi connectivity index (χ3v) is 4.35. The second-order valence-electron chi connectivity index (χ2n) is 4.86. The molecule has 1 aliphatic heterocycles. The average Bonchev–Trinajstić information content (AvgIpc) is 2.48. The van der Waals surface area contributed by atoms with Crippen molar-refractivity contribution in [2.45, 2.75) is 18.9 Å². The Hall–Kier alpha value is -1.03. The zero-order valence-corrected chi connectivity index (χ0v) is 13.1. The highest BCUT2D eigenvalue weighted by Crippen LogP contribution is 2.38. The fourth-order valence-electron chi connectivity index (χ4n) is 2.52. The smallest absolute Gasteiger partial charge is 0.128 e. The van der Waals surface area contributed by atoms with Crippen LogP contribution in [0.1, 0.15) is 29.2 Å². The molecular formula is C16H14BrClO2. The number of ether oxygens (including phenoxy) is 1. The molecule has 4 heteroatoms. The molecule has 2 aromatic carbocycles. The van der Waals surface area contributed by atoms with Gasteiger partial charge in [0.15, 0.2) is 0 Å². The molecule has 20 heavy (non-hydrogen) atoms. The lowest BCUT2D eigenvalue weighted by molar-refractivity contribution is 0.207. The van der Waals surface area contributed by atoms with E-state index in [4.69, 9.17) is 16.3 Å². The molecule has 1 unspecified atom stereocenters. The number of benzene rings is 2. The molecule has 0 aliphatic carbocycles. The van der Waals surface area contributed by atoms with Gasteiger partial charge in [-0.05, 0) is 36.6 Å². The SMILES string of the molecule is OC(c1cc(Br)ccc1Cl)c1cccc2c1OCCC2. The van der Waals surface area contributed by atoms with Crippen molar-refractivity contribution in [2.75, 3.05) is 6.61 Å². The molecule has 1 N–H and O–H groups in total. The van der Waals surface area contributed by atoms with E-state index in [0.29, 0.717) is 17.2 Å². The molecule has 104 valence electrons. The van der Waals surface area contributed by atoms with Crippen LogP contribution < -0.4 is 4.74 Å². The summed E-state index contributed by atoms with van der Waals surface area (Å²) in [5.74, 6) is 0.808. The topological polar surface area (TPSA) is 29.5 Å². The van der Waals surface area contributed by atoms with E-state index in [1.807, 2.05) is 30.3 Å². The maximum Gasteiger partial charge on any atom is 0.128 e. The second-order valence-corrected chi connectivity index (χ2v) is 6.18. The van der Waals surface area contributed by atoms with Crippen LogP contribution in [0.3, 0.4) is 0 Å². The zero-order chi connectivity index (χ0) is 14.1. The number of aliphatic hydroxyl groups is 1. The lowest BCUT2D eigenvalue weighted by atomic mass is 9.95. The van der Waals surface area contributed by atoms with Crippen LogP contribution in [0.4, 0.5) is 0 Å². The number of hydrogen-bond donors (Lipinski definition) is 1. The van der Waals surface area contributed by atoms with Gasteiger partial charge in [0.1, 0.15) is 11.9 Å².